The van der Waals surface area contributed by atoms with Crippen LogP contribution in [0.5, 0.6) is 0 Å². The Morgan fingerprint density at radius 3 is 2.94 bits per heavy atom. The first kappa shape index (κ1) is 25.8. The van der Waals surface area contributed by atoms with Crippen molar-refractivity contribution in [1.82, 2.24) is 20.2 Å². The second-order valence-electron chi connectivity index (χ2n) is 8.73. The molecule has 0 bridgehead atoms. The van der Waals surface area contributed by atoms with E-state index in [-0.39, 0.29) is 5.91 Å². The molecule has 1 N–H and O–H groups in total. The lowest BCUT2D eigenvalue weighted by Gasteiger charge is -2.33. The van der Waals surface area contributed by atoms with Gasteiger partial charge in [0.05, 0.1) is 0 Å². The number of rotatable bonds is 11. The van der Waals surface area contributed by atoms with Gasteiger partial charge in [0.1, 0.15) is 11.0 Å². The third-order valence-corrected chi connectivity index (χ3v) is 7.13. The molecular formula is C25H36ClN5OS. The fourth-order valence-electron chi connectivity index (χ4n) is 4.12. The molecule has 8 heteroatoms. The molecule has 0 radical (unpaired) electrons. The second kappa shape index (κ2) is 13.2. The van der Waals surface area contributed by atoms with E-state index >= 15 is 0 Å². The highest BCUT2D eigenvalue weighted by Gasteiger charge is 2.17. The molecule has 2 aromatic rings. The zero-order valence-corrected chi connectivity index (χ0v) is 21.6. The van der Waals surface area contributed by atoms with E-state index in [2.05, 4.69) is 38.9 Å². The minimum atomic E-state index is -0.0176. The quantitative estimate of drug-likeness (QED) is 0.201. The number of nitrogens with zero attached hydrogens (tertiary/aromatic N) is 4. The fourth-order valence-corrected chi connectivity index (χ4v) is 5.15. The molecule has 0 spiro atoms. The van der Waals surface area contributed by atoms with Gasteiger partial charge in [-0.1, -0.05) is 48.8 Å². The van der Waals surface area contributed by atoms with Crippen LogP contribution in [0, 0.1) is 0 Å². The Morgan fingerprint density at radius 2 is 2.15 bits per heavy atom. The number of amides is 1. The molecule has 6 nitrogen and oxygen atoms in total. The van der Waals surface area contributed by atoms with Gasteiger partial charge in [0.2, 0.25) is 0 Å². The van der Waals surface area contributed by atoms with Crippen molar-refractivity contribution in [2.45, 2.75) is 62.9 Å². The number of aromatic nitrogens is 2. The molecule has 1 aliphatic heterocycles. The van der Waals surface area contributed by atoms with Crippen LogP contribution in [0.25, 0.3) is 0 Å². The molecule has 33 heavy (non-hydrogen) atoms. The van der Waals surface area contributed by atoms with E-state index < -0.39 is 0 Å². The van der Waals surface area contributed by atoms with Crippen molar-refractivity contribution in [2.24, 2.45) is 0 Å². The van der Waals surface area contributed by atoms with Crippen molar-refractivity contribution in [3.8, 4) is 0 Å². The molecule has 1 aromatic carbocycles. The van der Waals surface area contributed by atoms with Gasteiger partial charge in [0.25, 0.3) is 5.91 Å². The second-order valence-corrected chi connectivity index (χ2v) is 10.1. The number of carbonyl (C=O) groups excluding carboxylic acids is 1. The van der Waals surface area contributed by atoms with E-state index in [9.17, 15) is 4.79 Å². The zero-order chi connectivity index (χ0) is 23.6. The van der Waals surface area contributed by atoms with E-state index in [1.165, 1.54) is 37.6 Å². The highest BCUT2D eigenvalue weighted by molar-refractivity contribution is 7.98. The van der Waals surface area contributed by atoms with E-state index in [0.29, 0.717) is 34.2 Å². The van der Waals surface area contributed by atoms with Crippen LogP contribution in [-0.4, -0.2) is 60.0 Å². The normalized spacial score (nSPS) is 16.5. The summed E-state index contributed by atoms with van der Waals surface area (Å²) >= 11 is 7.74. The van der Waals surface area contributed by atoms with Crippen LogP contribution >= 0.6 is 23.4 Å². The van der Waals surface area contributed by atoms with E-state index in [1.54, 1.807) is 6.07 Å². The molecule has 0 saturated carbocycles. The number of anilines is 1. The number of hydrogen-bond donors (Lipinski definition) is 1. The van der Waals surface area contributed by atoms with Crippen molar-refractivity contribution >= 4 is 35.1 Å². The summed E-state index contributed by atoms with van der Waals surface area (Å²) in [5.74, 6) is 1.48. The summed E-state index contributed by atoms with van der Waals surface area (Å²) < 4.78 is 0. The summed E-state index contributed by atoms with van der Waals surface area (Å²) in [4.78, 5) is 26.2. The van der Waals surface area contributed by atoms with E-state index in [1.807, 2.05) is 31.3 Å². The average molecular weight is 490 g/mol. The van der Waals surface area contributed by atoms with Gasteiger partial charge < -0.3 is 15.1 Å². The van der Waals surface area contributed by atoms with Crippen LogP contribution in [0.4, 0.5) is 5.82 Å². The number of piperidine rings is 1. The number of nitrogens with one attached hydrogen (secondary N) is 1. The third-order valence-electron chi connectivity index (χ3n) is 6.02. The molecule has 1 aromatic heterocycles. The standard InChI is InChI=1S/C25H36ClN5OS/c1-4-13-30(3)23-17-22(26)28-25(29-23)33-18-20-10-7-11-21(16-20)24(32)27-12-8-15-31-14-6-5-9-19(31)2/h7,10-11,16-17,19H,4-6,8-9,12-15,18H2,1-3H3,(H,27,32). The zero-order valence-electron chi connectivity index (χ0n) is 20.0. The smallest absolute Gasteiger partial charge is 0.251 e. The number of thioether (sulfide) groups is 1. The fraction of sp³-hybridized carbons (Fsp3) is 0.560. The number of hydrogen-bond acceptors (Lipinski definition) is 6. The van der Waals surface area contributed by atoms with Gasteiger partial charge in [0, 0.05) is 50.1 Å². The molecule has 1 aliphatic rings. The van der Waals surface area contributed by atoms with Crippen molar-refractivity contribution in [3.63, 3.8) is 0 Å². The predicted octanol–water partition coefficient (Wildman–Crippen LogP) is 5.26. The number of carbonyl (C=O) groups is 1. The first-order valence-electron chi connectivity index (χ1n) is 12.0. The van der Waals surface area contributed by atoms with Crippen LogP contribution in [0.1, 0.15) is 61.9 Å². The molecule has 1 amide bonds. The molecule has 0 aliphatic carbocycles. The predicted molar refractivity (Wildman–Crippen MR) is 138 cm³/mol. The Labute approximate surface area is 207 Å². The van der Waals surface area contributed by atoms with Crippen LogP contribution in [0.3, 0.4) is 0 Å². The van der Waals surface area contributed by atoms with Crippen molar-refractivity contribution in [1.29, 1.82) is 0 Å². The first-order chi connectivity index (χ1) is 16.0. The lowest BCUT2D eigenvalue weighted by atomic mass is 10.0. The third kappa shape index (κ3) is 8.16. The molecule has 1 fully saturated rings. The molecule has 2 heterocycles. The summed E-state index contributed by atoms with van der Waals surface area (Å²) in [6, 6.07) is 10.2. The molecular weight excluding hydrogens is 454 g/mol. The monoisotopic (exact) mass is 489 g/mol. The Hall–Kier alpha value is -1.83. The van der Waals surface area contributed by atoms with Crippen LogP contribution < -0.4 is 10.2 Å². The number of benzene rings is 1. The highest BCUT2D eigenvalue weighted by atomic mass is 35.5. The Balaban J connectivity index is 1.49. The molecule has 1 saturated heterocycles. The summed E-state index contributed by atoms with van der Waals surface area (Å²) in [6.07, 6.45) is 5.93. The minimum Gasteiger partial charge on any atom is -0.360 e. The Kier molecular flexibility index (Phi) is 10.3. The lowest BCUT2D eigenvalue weighted by molar-refractivity contribution is 0.0949. The number of likely N-dealkylation sites (tertiary alicyclic amines) is 1. The maximum absolute atomic E-state index is 12.6. The van der Waals surface area contributed by atoms with Gasteiger partial charge in [-0.3, -0.25) is 4.79 Å². The van der Waals surface area contributed by atoms with Gasteiger partial charge in [-0.15, -0.1) is 0 Å². The van der Waals surface area contributed by atoms with Crippen LogP contribution in [0.2, 0.25) is 5.15 Å². The van der Waals surface area contributed by atoms with Gasteiger partial charge in [-0.2, -0.15) is 0 Å². The van der Waals surface area contributed by atoms with Crippen LogP contribution in [-0.2, 0) is 5.75 Å². The largest absolute Gasteiger partial charge is 0.360 e. The van der Waals surface area contributed by atoms with E-state index in [4.69, 9.17) is 11.6 Å². The summed E-state index contributed by atoms with van der Waals surface area (Å²) in [7, 11) is 2.01. The van der Waals surface area contributed by atoms with Gasteiger partial charge in [-0.25, -0.2) is 9.97 Å². The lowest BCUT2D eigenvalue weighted by Crippen LogP contribution is -2.39. The summed E-state index contributed by atoms with van der Waals surface area (Å²) in [5.41, 5.74) is 1.75. The summed E-state index contributed by atoms with van der Waals surface area (Å²) in [5, 5.41) is 4.16. The van der Waals surface area contributed by atoms with E-state index in [0.717, 1.165) is 37.3 Å². The Bertz CT molecular complexity index is 912. The van der Waals surface area contributed by atoms with Crippen LogP contribution in [0.15, 0.2) is 35.5 Å². The topological polar surface area (TPSA) is 61.4 Å². The van der Waals surface area contributed by atoms with Crippen molar-refractivity contribution < 1.29 is 4.79 Å². The first-order valence-corrected chi connectivity index (χ1v) is 13.3. The number of halogens is 1. The molecule has 1 unspecified atom stereocenters. The average Bonchev–Trinajstić information content (AvgIpc) is 2.81. The molecule has 1 atom stereocenters. The SMILES string of the molecule is CCCN(C)c1cc(Cl)nc(SCc2cccc(C(=O)NCCCN3CCCCC3C)c2)n1. The van der Waals surface area contributed by atoms with Crippen molar-refractivity contribution in [2.75, 3.05) is 38.1 Å². The highest BCUT2D eigenvalue weighted by Crippen LogP contribution is 2.24. The maximum Gasteiger partial charge on any atom is 0.251 e. The Morgan fingerprint density at radius 1 is 1.30 bits per heavy atom. The summed E-state index contributed by atoms with van der Waals surface area (Å²) in [6.45, 7) is 8.28. The van der Waals surface area contributed by atoms with Gasteiger partial charge >= 0.3 is 0 Å². The molecule has 3 rings (SSSR count). The maximum atomic E-state index is 12.6. The van der Waals surface area contributed by atoms with Gasteiger partial charge in [0.15, 0.2) is 5.16 Å². The minimum absolute atomic E-state index is 0.0176. The van der Waals surface area contributed by atoms with Gasteiger partial charge in [-0.05, 0) is 56.8 Å². The van der Waals surface area contributed by atoms with Crippen molar-refractivity contribution in [3.05, 3.63) is 46.6 Å². The molecule has 180 valence electrons.